The first-order valence-electron chi connectivity index (χ1n) is 19.8. The highest BCUT2D eigenvalue weighted by molar-refractivity contribution is 6.19. The Hall–Kier alpha value is -8.09. The van der Waals surface area contributed by atoms with Crippen molar-refractivity contribution >= 4 is 87.2 Å². The van der Waals surface area contributed by atoms with Gasteiger partial charge in [0, 0.05) is 54.6 Å². The quantitative estimate of drug-likeness (QED) is 0.179. The predicted octanol–water partition coefficient (Wildman–Crippen LogP) is 14.1. The third-order valence-corrected chi connectivity index (χ3v) is 11.8. The van der Waals surface area contributed by atoms with Crippen molar-refractivity contribution in [3.05, 3.63) is 182 Å². The van der Waals surface area contributed by atoms with E-state index in [1.54, 1.807) is 0 Å². The summed E-state index contributed by atoms with van der Waals surface area (Å²) >= 11 is 0. The first-order valence-corrected chi connectivity index (χ1v) is 19.8. The Kier molecular flexibility index (Phi) is 6.63. The van der Waals surface area contributed by atoms with E-state index in [1.165, 1.54) is 0 Å². The summed E-state index contributed by atoms with van der Waals surface area (Å²) in [6.07, 6.45) is 0. The zero-order valence-electron chi connectivity index (χ0n) is 31.4. The average molecular weight is 755 g/mol. The number of nitrogens with zero attached hydrogens (tertiary/aromatic N) is 4. The van der Waals surface area contributed by atoms with Crippen LogP contribution in [0.2, 0.25) is 0 Å². The number of benzene rings is 9. The standard InChI is InChI=1S/C53H30N4O2/c1-2-12-32-27-35(24-23-31(32)11-1)51-54-52(36-25-26-39-37-15-5-7-21-46(37)58-48(39)30-36)56-53(55-51)57-45-29-34-14-4-3-13-33(34)28-44(45)41-18-9-17-40(49(41)57)43-20-10-19-42-38-16-6-8-22-47(38)59-50(42)43/h1-30H. The maximum Gasteiger partial charge on any atom is 0.238 e. The number of para-hydroxylation sites is 4. The maximum absolute atomic E-state index is 6.66. The molecule has 9 aromatic carbocycles. The zero-order chi connectivity index (χ0) is 38.6. The van der Waals surface area contributed by atoms with Gasteiger partial charge < -0.3 is 8.83 Å². The molecular formula is C53H30N4O2. The summed E-state index contributed by atoms with van der Waals surface area (Å²) in [5.41, 5.74) is 9.06. The summed E-state index contributed by atoms with van der Waals surface area (Å²) in [6, 6.07) is 63.4. The number of hydrogen-bond donors (Lipinski definition) is 0. The highest BCUT2D eigenvalue weighted by Crippen LogP contribution is 2.43. The van der Waals surface area contributed by atoms with E-state index in [0.29, 0.717) is 17.6 Å². The van der Waals surface area contributed by atoms with Crippen LogP contribution in [0.3, 0.4) is 0 Å². The molecule has 0 radical (unpaired) electrons. The predicted molar refractivity (Wildman–Crippen MR) is 240 cm³/mol. The van der Waals surface area contributed by atoms with E-state index in [9.17, 15) is 0 Å². The molecule has 0 bridgehead atoms. The van der Waals surface area contributed by atoms with Crippen molar-refractivity contribution in [2.75, 3.05) is 0 Å². The molecule has 0 spiro atoms. The van der Waals surface area contributed by atoms with Crippen molar-refractivity contribution in [3.8, 4) is 39.9 Å². The molecule has 0 fully saturated rings. The Morgan fingerprint density at radius 3 is 1.73 bits per heavy atom. The van der Waals surface area contributed by atoms with Gasteiger partial charge in [0.1, 0.15) is 22.3 Å². The molecule has 59 heavy (non-hydrogen) atoms. The number of furan rings is 2. The molecule has 0 N–H and O–H groups in total. The molecule has 0 atom stereocenters. The minimum absolute atomic E-state index is 0.516. The number of fused-ring (bicyclic) bond motifs is 11. The van der Waals surface area contributed by atoms with Gasteiger partial charge in [0.25, 0.3) is 0 Å². The van der Waals surface area contributed by atoms with Crippen LogP contribution >= 0.6 is 0 Å². The molecule has 0 saturated carbocycles. The van der Waals surface area contributed by atoms with E-state index < -0.39 is 0 Å². The third kappa shape index (κ3) is 4.84. The Morgan fingerprint density at radius 1 is 0.356 bits per heavy atom. The minimum Gasteiger partial charge on any atom is -0.456 e. The number of rotatable bonds is 4. The summed E-state index contributed by atoms with van der Waals surface area (Å²) in [7, 11) is 0. The van der Waals surface area contributed by atoms with Gasteiger partial charge in [-0.05, 0) is 64.0 Å². The van der Waals surface area contributed by atoms with Gasteiger partial charge in [0.15, 0.2) is 11.6 Å². The molecule has 4 aromatic heterocycles. The highest BCUT2D eigenvalue weighted by atomic mass is 16.3. The molecule has 0 amide bonds. The van der Waals surface area contributed by atoms with Gasteiger partial charge in [-0.3, -0.25) is 4.57 Å². The molecule has 0 unspecified atom stereocenters. The zero-order valence-corrected chi connectivity index (χ0v) is 31.4. The van der Waals surface area contributed by atoms with Gasteiger partial charge in [-0.2, -0.15) is 9.97 Å². The van der Waals surface area contributed by atoms with Crippen molar-refractivity contribution in [3.63, 3.8) is 0 Å². The summed E-state index contributed by atoms with van der Waals surface area (Å²) in [5.74, 6) is 1.64. The van der Waals surface area contributed by atoms with Crippen LogP contribution in [0, 0.1) is 0 Å². The monoisotopic (exact) mass is 754 g/mol. The molecule has 4 heterocycles. The van der Waals surface area contributed by atoms with Crippen LogP contribution < -0.4 is 0 Å². The van der Waals surface area contributed by atoms with E-state index in [-0.39, 0.29) is 0 Å². The van der Waals surface area contributed by atoms with Gasteiger partial charge in [-0.25, -0.2) is 4.98 Å². The molecule has 0 aliphatic carbocycles. The van der Waals surface area contributed by atoms with Crippen LogP contribution in [-0.4, -0.2) is 19.5 Å². The molecule has 274 valence electrons. The summed E-state index contributed by atoms with van der Waals surface area (Å²) in [6.45, 7) is 0. The second-order valence-corrected chi connectivity index (χ2v) is 15.2. The lowest BCUT2D eigenvalue weighted by Crippen LogP contribution is -2.07. The molecule has 0 aliphatic heterocycles. The fourth-order valence-corrected chi connectivity index (χ4v) is 9.05. The smallest absolute Gasteiger partial charge is 0.238 e. The van der Waals surface area contributed by atoms with Gasteiger partial charge >= 0.3 is 0 Å². The van der Waals surface area contributed by atoms with Crippen LogP contribution in [0.15, 0.2) is 191 Å². The van der Waals surface area contributed by atoms with Crippen LogP contribution in [0.4, 0.5) is 0 Å². The first kappa shape index (κ1) is 32.0. The lowest BCUT2D eigenvalue weighted by Gasteiger charge is -2.13. The molecule has 0 saturated heterocycles. The van der Waals surface area contributed by atoms with Crippen molar-refractivity contribution in [1.82, 2.24) is 19.5 Å². The highest BCUT2D eigenvalue weighted by Gasteiger charge is 2.23. The second kappa shape index (κ2) is 12.2. The fraction of sp³-hybridized carbons (Fsp3) is 0. The van der Waals surface area contributed by atoms with Crippen LogP contribution in [0.5, 0.6) is 0 Å². The van der Waals surface area contributed by atoms with Crippen LogP contribution in [0.1, 0.15) is 0 Å². The number of hydrogen-bond acceptors (Lipinski definition) is 5. The number of aromatic nitrogens is 4. The van der Waals surface area contributed by atoms with Crippen molar-refractivity contribution in [1.29, 1.82) is 0 Å². The van der Waals surface area contributed by atoms with Crippen molar-refractivity contribution in [2.24, 2.45) is 0 Å². The molecule has 6 nitrogen and oxygen atoms in total. The molecule has 6 heteroatoms. The van der Waals surface area contributed by atoms with Crippen LogP contribution in [0.25, 0.3) is 127 Å². The Labute approximate surface area is 336 Å². The van der Waals surface area contributed by atoms with E-state index in [0.717, 1.165) is 109 Å². The largest absolute Gasteiger partial charge is 0.456 e. The van der Waals surface area contributed by atoms with Crippen molar-refractivity contribution in [2.45, 2.75) is 0 Å². The van der Waals surface area contributed by atoms with E-state index in [2.05, 4.69) is 150 Å². The van der Waals surface area contributed by atoms with E-state index in [1.807, 2.05) is 36.4 Å². The van der Waals surface area contributed by atoms with Crippen molar-refractivity contribution < 1.29 is 8.83 Å². The Bertz CT molecular complexity index is 3870. The molecule has 0 aliphatic rings. The molecule has 13 rings (SSSR count). The van der Waals surface area contributed by atoms with Gasteiger partial charge in [-0.15, -0.1) is 0 Å². The topological polar surface area (TPSA) is 69.9 Å². The summed E-state index contributed by atoms with van der Waals surface area (Å²) in [5, 5.41) is 11.0. The van der Waals surface area contributed by atoms with Gasteiger partial charge in [0.2, 0.25) is 5.95 Å². The molecule has 13 aromatic rings. The summed E-state index contributed by atoms with van der Waals surface area (Å²) < 4.78 is 15.3. The van der Waals surface area contributed by atoms with E-state index >= 15 is 0 Å². The summed E-state index contributed by atoms with van der Waals surface area (Å²) in [4.78, 5) is 16.0. The fourth-order valence-electron chi connectivity index (χ4n) is 9.05. The normalized spacial score (nSPS) is 12.1. The first-order chi connectivity index (χ1) is 29.2. The lowest BCUT2D eigenvalue weighted by molar-refractivity contribution is 0.669. The van der Waals surface area contributed by atoms with Crippen LogP contribution in [-0.2, 0) is 0 Å². The second-order valence-electron chi connectivity index (χ2n) is 15.2. The average Bonchev–Trinajstić information content (AvgIpc) is 3.97. The SMILES string of the molecule is c1ccc2cc(-c3nc(-c4ccc5c(c4)oc4ccccc45)nc(-n4c5cc6ccccc6cc5c5cccc(-c6cccc7c6oc6ccccc67)c54)n3)ccc2c1. The van der Waals surface area contributed by atoms with E-state index in [4.69, 9.17) is 23.8 Å². The van der Waals surface area contributed by atoms with Gasteiger partial charge in [-0.1, -0.05) is 140 Å². The lowest BCUT2D eigenvalue weighted by atomic mass is 9.99. The molecular weight excluding hydrogens is 725 g/mol. The Balaban J connectivity index is 1.14. The Morgan fingerprint density at radius 2 is 0.932 bits per heavy atom. The third-order valence-electron chi connectivity index (χ3n) is 11.8. The van der Waals surface area contributed by atoms with Gasteiger partial charge in [0.05, 0.1) is 11.0 Å². The minimum atomic E-state index is 0.516. The maximum atomic E-state index is 6.66.